The highest BCUT2D eigenvalue weighted by molar-refractivity contribution is 6.38. The number of allylic oxidation sites excluding steroid dienone is 2. The van der Waals surface area contributed by atoms with Crippen molar-refractivity contribution in [3.05, 3.63) is 41.1 Å². The molecule has 0 bridgehead atoms. The smallest absolute Gasteiger partial charge is 0.199 e. The predicted octanol–water partition coefficient (Wildman–Crippen LogP) is 2.73. The van der Waals surface area contributed by atoms with Gasteiger partial charge in [-0.3, -0.25) is 9.59 Å². The van der Waals surface area contributed by atoms with Gasteiger partial charge in [0, 0.05) is 30.5 Å². The van der Waals surface area contributed by atoms with Crippen LogP contribution in [0.5, 0.6) is 0 Å². The van der Waals surface area contributed by atoms with E-state index in [4.69, 9.17) is 5.11 Å². The van der Waals surface area contributed by atoms with Crippen molar-refractivity contribution in [2.24, 2.45) is 0 Å². The number of hydrogen-bond acceptors (Lipinski definition) is 3. The maximum Gasteiger partial charge on any atom is 0.199 e. The van der Waals surface area contributed by atoms with Gasteiger partial charge in [-0.25, -0.2) is 0 Å². The number of aryl methyl sites for hydroxylation is 1. The summed E-state index contributed by atoms with van der Waals surface area (Å²) in [5, 5.41) is 10.1. The Balaban J connectivity index is 2.02. The molecule has 2 aliphatic carbocycles. The largest absolute Gasteiger partial charge is 0.396 e. The highest BCUT2D eigenvalue weighted by Crippen LogP contribution is 2.44. The maximum absolute atomic E-state index is 12.8. The number of para-hydroxylation sites is 1. The van der Waals surface area contributed by atoms with Crippen LogP contribution in [-0.2, 0) is 11.3 Å². The van der Waals surface area contributed by atoms with E-state index in [1.165, 1.54) is 0 Å². The van der Waals surface area contributed by atoms with Crippen LogP contribution < -0.4 is 0 Å². The van der Waals surface area contributed by atoms with Crippen LogP contribution in [0.3, 0.4) is 0 Å². The van der Waals surface area contributed by atoms with Gasteiger partial charge in [0.15, 0.2) is 11.6 Å². The number of fused-ring (bicyclic) bond motifs is 4. The molecular formula is C18H17NO3. The van der Waals surface area contributed by atoms with Gasteiger partial charge in [0.1, 0.15) is 0 Å². The lowest BCUT2D eigenvalue weighted by molar-refractivity contribution is -0.115. The minimum atomic E-state index is -0.103. The second-order valence-corrected chi connectivity index (χ2v) is 5.93. The van der Waals surface area contributed by atoms with Crippen molar-refractivity contribution >= 4 is 28.0 Å². The van der Waals surface area contributed by atoms with Crippen molar-refractivity contribution in [2.75, 3.05) is 6.61 Å². The quantitative estimate of drug-likeness (QED) is 0.886. The Morgan fingerprint density at radius 1 is 1.14 bits per heavy atom. The van der Waals surface area contributed by atoms with Gasteiger partial charge in [0.2, 0.25) is 0 Å². The molecule has 4 rings (SSSR count). The number of carbonyl (C=O) groups is 2. The second kappa shape index (κ2) is 4.92. The molecule has 0 radical (unpaired) electrons. The van der Waals surface area contributed by atoms with Crippen molar-refractivity contribution in [1.29, 1.82) is 0 Å². The number of benzene rings is 1. The normalized spacial score (nSPS) is 17.3. The van der Waals surface area contributed by atoms with Gasteiger partial charge in [-0.1, -0.05) is 18.2 Å². The van der Waals surface area contributed by atoms with Gasteiger partial charge in [-0.2, -0.15) is 0 Å². The first kappa shape index (κ1) is 13.5. The predicted molar refractivity (Wildman–Crippen MR) is 83.7 cm³/mol. The standard InChI is InChI=1S/C18H17NO3/c20-10-4-9-19-13-7-2-1-5-11(13)16-17(19)12-6-3-8-14(21)15(12)18(16)22/h1-2,5,7,20H,3-4,6,8-10H2. The Labute approximate surface area is 128 Å². The number of ketones is 2. The third kappa shape index (κ3) is 1.67. The van der Waals surface area contributed by atoms with E-state index in [1.807, 2.05) is 24.3 Å². The fourth-order valence-corrected chi connectivity index (χ4v) is 3.78. The van der Waals surface area contributed by atoms with E-state index in [0.29, 0.717) is 30.5 Å². The number of rotatable bonds is 3. The molecule has 0 unspecified atom stereocenters. The Kier molecular flexibility index (Phi) is 3.01. The van der Waals surface area contributed by atoms with Crippen molar-refractivity contribution in [3.8, 4) is 0 Å². The van der Waals surface area contributed by atoms with Crippen LogP contribution in [-0.4, -0.2) is 27.8 Å². The van der Waals surface area contributed by atoms with E-state index < -0.39 is 0 Å². The monoisotopic (exact) mass is 295 g/mol. The van der Waals surface area contributed by atoms with E-state index >= 15 is 0 Å². The summed E-state index contributed by atoms with van der Waals surface area (Å²) < 4.78 is 2.11. The summed E-state index contributed by atoms with van der Waals surface area (Å²) in [5.74, 6) is -0.117. The van der Waals surface area contributed by atoms with Crippen LogP contribution in [0.15, 0.2) is 29.8 Å². The van der Waals surface area contributed by atoms with E-state index in [9.17, 15) is 9.59 Å². The first-order chi connectivity index (χ1) is 10.7. The highest BCUT2D eigenvalue weighted by atomic mass is 16.3. The molecule has 0 saturated carbocycles. The molecule has 112 valence electrons. The maximum atomic E-state index is 12.8. The van der Waals surface area contributed by atoms with Crippen LogP contribution in [0.4, 0.5) is 0 Å². The summed E-state index contributed by atoms with van der Waals surface area (Å²) in [4.78, 5) is 25.0. The zero-order chi connectivity index (χ0) is 15.3. The molecule has 0 atom stereocenters. The molecule has 4 nitrogen and oxygen atoms in total. The number of aliphatic hydroxyl groups excluding tert-OH is 1. The summed E-state index contributed by atoms with van der Waals surface area (Å²) >= 11 is 0. The van der Waals surface area contributed by atoms with E-state index in [-0.39, 0.29) is 18.2 Å². The minimum absolute atomic E-state index is 0.0137. The number of Topliss-reactive ketones (excluding diaryl/α,β-unsaturated/α-hetero) is 2. The second-order valence-electron chi connectivity index (χ2n) is 5.93. The fourth-order valence-electron chi connectivity index (χ4n) is 3.78. The molecule has 0 amide bonds. The van der Waals surface area contributed by atoms with Gasteiger partial charge in [0.25, 0.3) is 0 Å². The third-order valence-electron chi connectivity index (χ3n) is 4.66. The third-order valence-corrected chi connectivity index (χ3v) is 4.66. The van der Waals surface area contributed by atoms with Gasteiger partial charge >= 0.3 is 0 Å². The molecule has 1 aromatic carbocycles. The van der Waals surface area contributed by atoms with E-state index in [2.05, 4.69) is 4.57 Å². The molecule has 22 heavy (non-hydrogen) atoms. The Hall–Kier alpha value is -2.20. The topological polar surface area (TPSA) is 59.3 Å². The van der Waals surface area contributed by atoms with Gasteiger partial charge in [-0.15, -0.1) is 0 Å². The molecular weight excluding hydrogens is 278 g/mol. The van der Waals surface area contributed by atoms with Crippen molar-refractivity contribution in [3.63, 3.8) is 0 Å². The lowest BCUT2D eigenvalue weighted by Crippen LogP contribution is -2.14. The molecule has 0 aliphatic heterocycles. The van der Waals surface area contributed by atoms with Crippen molar-refractivity contribution in [2.45, 2.75) is 32.2 Å². The molecule has 1 aromatic heterocycles. The highest BCUT2D eigenvalue weighted by Gasteiger charge is 2.39. The molecule has 2 aliphatic rings. The zero-order valence-corrected chi connectivity index (χ0v) is 12.3. The summed E-state index contributed by atoms with van der Waals surface area (Å²) in [7, 11) is 0. The van der Waals surface area contributed by atoms with Crippen molar-refractivity contribution < 1.29 is 14.7 Å². The Morgan fingerprint density at radius 2 is 1.95 bits per heavy atom. The van der Waals surface area contributed by atoms with Crippen LogP contribution >= 0.6 is 0 Å². The lowest BCUT2D eigenvalue weighted by atomic mass is 9.91. The van der Waals surface area contributed by atoms with Crippen LogP contribution in [0.25, 0.3) is 16.5 Å². The van der Waals surface area contributed by atoms with Gasteiger partial charge < -0.3 is 9.67 Å². The number of hydrogen-bond donors (Lipinski definition) is 1. The fraction of sp³-hybridized carbons (Fsp3) is 0.333. The summed E-state index contributed by atoms with van der Waals surface area (Å²) in [6, 6.07) is 7.83. The average molecular weight is 295 g/mol. The summed E-state index contributed by atoms with van der Waals surface area (Å²) in [6.07, 6.45) is 2.71. The number of aromatic nitrogens is 1. The molecule has 0 saturated heterocycles. The van der Waals surface area contributed by atoms with Crippen LogP contribution in [0.1, 0.15) is 41.7 Å². The Morgan fingerprint density at radius 3 is 2.77 bits per heavy atom. The number of nitrogens with zero attached hydrogens (tertiary/aromatic N) is 1. The van der Waals surface area contributed by atoms with E-state index in [1.54, 1.807) is 0 Å². The van der Waals surface area contributed by atoms with Gasteiger partial charge in [0.05, 0.1) is 16.8 Å². The first-order valence-electron chi connectivity index (χ1n) is 7.77. The summed E-state index contributed by atoms with van der Waals surface area (Å²) in [5.41, 5.74) is 3.96. The van der Waals surface area contributed by atoms with Crippen LogP contribution in [0.2, 0.25) is 0 Å². The molecule has 1 N–H and O–H groups in total. The van der Waals surface area contributed by atoms with E-state index in [0.717, 1.165) is 35.0 Å². The molecule has 2 aromatic rings. The first-order valence-corrected chi connectivity index (χ1v) is 7.77. The Bertz CT molecular complexity index is 841. The van der Waals surface area contributed by atoms with Crippen molar-refractivity contribution in [1.82, 2.24) is 4.57 Å². The molecule has 0 fully saturated rings. The SMILES string of the molecule is O=C1CCCC2=C1C(=O)c1c2n(CCCO)c2ccccc12. The molecule has 4 heteroatoms. The molecule has 1 heterocycles. The molecule has 0 spiro atoms. The lowest BCUT2D eigenvalue weighted by Gasteiger charge is -2.16. The van der Waals surface area contributed by atoms with Crippen LogP contribution in [0, 0.1) is 0 Å². The van der Waals surface area contributed by atoms with Gasteiger partial charge in [-0.05, 0) is 30.9 Å². The average Bonchev–Trinajstić information content (AvgIpc) is 3.01. The zero-order valence-electron chi connectivity index (χ0n) is 12.3. The number of carbonyl (C=O) groups excluding carboxylic acids is 2. The number of aliphatic hydroxyl groups is 1. The minimum Gasteiger partial charge on any atom is -0.396 e. The summed E-state index contributed by atoms with van der Waals surface area (Å²) in [6.45, 7) is 0.769.